The summed E-state index contributed by atoms with van der Waals surface area (Å²) < 4.78 is 15.5. The highest BCUT2D eigenvalue weighted by Gasteiger charge is 2.31. The van der Waals surface area contributed by atoms with E-state index in [2.05, 4.69) is 59.8 Å². The Labute approximate surface area is 350 Å². The topological polar surface area (TPSA) is 188 Å². The highest BCUT2D eigenvalue weighted by molar-refractivity contribution is 5.97. The molecule has 0 radical (unpaired) electrons. The number of carbonyl (C=O) groups excluding carboxylic acids is 4. The Balaban J connectivity index is 1.08. The van der Waals surface area contributed by atoms with Crippen molar-refractivity contribution < 1.29 is 33.2 Å². The monoisotopic (exact) mass is 823 g/mol. The maximum Gasteiger partial charge on any atom is 0.439 e. The third-order valence-electron chi connectivity index (χ3n) is 10.5. The number of rotatable bonds is 11. The van der Waals surface area contributed by atoms with Gasteiger partial charge in [-0.15, -0.1) is 0 Å². The second-order valence-corrected chi connectivity index (χ2v) is 17.6. The van der Waals surface area contributed by atoms with Crippen molar-refractivity contribution in [2.75, 3.05) is 42.9 Å². The van der Waals surface area contributed by atoms with Crippen molar-refractivity contribution in [2.45, 2.75) is 90.9 Å². The van der Waals surface area contributed by atoms with Gasteiger partial charge >= 0.3 is 17.9 Å². The largest absolute Gasteiger partial charge is 0.444 e. The van der Waals surface area contributed by atoms with E-state index in [4.69, 9.17) is 9.47 Å². The summed E-state index contributed by atoms with van der Waals surface area (Å²) in [6.07, 6.45) is 2.34. The van der Waals surface area contributed by atoms with Gasteiger partial charge in [0.25, 0.3) is 0 Å². The molecule has 3 aromatic carbocycles. The summed E-state index contributed by atoms with van der Waals surface area (Å²) in [7, 11) is 0. The number of H-pyrrole nitrogens is 1. The van der Waals surface area contributed by atoms with Gasteiger partial charge in [-0.25, -0.2) is 14.4 Å². The molecule has 1 saturated heterocycles. The van der Waals surface area contributed by atoms with Gasteiger partial charge in [-0.1, -0.05) is 41.6 Å². The van der Waals surface area contributed by atoms with E-state index in [-0.39, 0.29) is 42.0 Å². The first-order valence-electron chi connectivity index (χ1n) is 20.6. The van der Waals surface area contributed by atoms with Gasteiger partial charge in [-0.3, -0.25) is 19.1 Å². The molecule has 1 atom stereocenters. The summed E-state index contributed by atoms with van der Waals surface area (Å²) in [6.45, 7) is 14.2. The first-order chi connectivity index (χ1) is 28.5. The van der Waals surface area contributed by atoms with Crippen LogP contribution in [0.5, 0.6) is 0 Å². The van der Waals surface area contributed by atoms with Gasteiger partial charge in [0.15, 0.2) is 5.82 Å². The van der Waals surface area contributed by atoms with Crippen molar-refractivity contribution in [3.8, 4) is 22.5 Å². The van der Waals surface area contributed by atoms with Gasteiger partial charge in [0, 0.05) is 62.0 Å². The highest BCUT2D eigenvalue weighted by atomic mass is 16.6. The number of ether oxygens (including phenoxy) is 2. The summed E-state index contributed by atoms with van der Waals surface area (Å²) in [5, 5.41) is 12.6. The third-order valence-corrected chi connectivity index (χ3v) is 10.5. The van der Waals surface area contributed by atoms with Crippen LogP contribution in [0.1, 0.15) is 72.8 Å². The number of hydrogen-bond donors (Lipinski definition) is 4. The summed E-state index contributed by atoms with van der Waals surface area (Å²) in [5.41, 5.74) is 4.01. The van der Waals surface area contributed by atoms with Crippen LogP contribution in [0.25, 0.3) is 22.5 Å². The molecule has 0 spiro atoms. The summed E-state index contributed by atoms with van der Waals surface area (Å²) in [5.74, 6) is -0.972. The fraction of sp³-hybridized carbons (Fsp3) is 0.467. The SMILES string of the molecule is CC(C)(C)OC(=O)NC[C@H]1CC[C@H](C(=O)N[C@@H](Cc2ccc(-c3ccc(N4CCN(C(=O)OC(C)(C)C)CC4)cc3)cc2)C(=O)Nc2ccc(-c3noc(=O)[nH]3)cc2)CC1. The zero-order chi connectivity index (χ0) is 43.0. The van der Waals surface area contributed by atoms with Crippen LogP contribution in [0.2, 0.25) is 0 Å². The van der Waals surface area contributed by atoms with Crippen molar-refractivity contribution in [1.29, 1.82) is 0 Å². The normalized spacial score (nSPS) is 17.6. The lowest BCUT2D eigenvalue weighted by Gasteiger charge is -2.36. The standard InChI is InChI=1S/C45H57N7O8/c1-44(2,3)58-41(55)46-28-30-9-13-34(14-10-30)39(53)48-37(40(54)47-35-19-15-33(16-20-35)38-49-42(56)60-50-38)27-29-7-11-31(12-8-29)32-17-21-36(22-18-32)51-23-25-52(26-24-51)43(57)59-45(4,5)6/h7-8,11-12,15-22,30,34,37H,9-10,13-14,23-28H2,1-6H3,(H,46,55)(H,47,54)(H,48,53)(H,49,50,56)/t30-,34-,37-/m0/s1. The molecule has 4 N–H and O–H groups in total. The molecule has 320 valence electrons. The Kier molecular flexibility index (Phi) is 13.7. The van der Waals surface area contributed by atoms with Crippen molar-refractivity contribution in [3.63, 3.8) is 0 Å². The lowest BCUT2D eigenvalue weighted by molar-refractivity contribution is -0.130. The van der Waals surface area contributed by atoms with Gasteiger partial charge in [0.05, 0.1) is 0 Å². The molecule has 1 aliphatic heterocycles. The Morgan fingerprint density at radius 2 is 1.37 bits per heavy atom. The van der Waals surface area contributed by atoms with E-state index >= 15 is 0 Å². The Morgan fingerprint density at radius 1 is 0.783 bits per heavy atom. The Hall–Kier alpha value is -6.12. The molecule has 1 aliphatic carbocycles. The second-order valence-electron chi connectivity index (χ2n) is 17.6. The van der Waals surface area contributed by atoms with Gasteiger partial charge in [0.1, 0.15) is 17.2 Å². The van der Waals surface area contributed by atoms with E-state index in [1.54, 1.807) is 29.2 Å². The fourth-order valence-corrected chi connectivity index (χ4v) is 7.37. The number of nitrogens with one attached hydrogen (secondary N) is 4. The maximum absolute atomic E-state index is 13.9. The van der Waals surface area contributed by atoms with E-state index in [1.165, 1.54) is 0 Å². The first-order valence-corrected chi connectivity index (χ1v) is 20.6. The lowest BCUT2D eigenvalue weighted by Crippen LogP contribution is -2.50. The van der Waals surface area contributed by atoms with Crippen LogP contribution >= 0.6 is 0 Å². The summed E-state index contributed by atoms with van der Waals surface area (Å²) in [6, 6.07) is 22.2. The van der Waals surface area contributed by atoms with E-state index in [9.17, 15) is 24.0 Å². The Morgan fingerprint density at radius 3 is 1.93 bits per heavy atom. The fourth-order valence-electron chi connectivity index (χ4n) is 7.37. The average molecular weight is 824 g/mol. The van der Waals surface area contributed by atoms with Gasteiger partial charge in [-0.2, -0.15) is 0 Å². The molecule has 6 rings (SSSR count). The second kappa shape index (κ2) is 18.9. The van der Waals surface area contributed by atoms with Crippen molar-refractivity contribution in [2.24, 2.45) is 11.8 Å². The van der Waals surface area contributed by atoms with E-state index in [0.29, 0.717) is 56.8 Å². The first kappa shape index (κ1) is 43.5. The summed E-state index contributed by atoms with van der Waals surface area (Å²) in [4.78, 5) is 70.2. The summed E-state index contributed by atoms with van der Waals surface area (Å²) >= 11 is 0. The molecule has 1 saturated carbocycles. The molecule has 2 heterocycles. The molecular weight excluding hydrogens is 767 g/mol. The quantitative estimate of drug-likeness (QED) is 0.126. The van der Waals surface area contributed by atoms with Crippen molar-refractivity contribution in [1.82, 2.24) is 25.7 Å². The molecule has 60 heavy (non-hydrogen) atoms. The minimum Gasteiger partial charge on any atom is -0.444 e. The number of benzene rings is 3. The zero-order valence-electron chi connectivity index (χ0n) is 35.3. The number of alkyl carbamates (subject to hydrolysis) is 1. The lowest BCUT2D eigenvalue weighted by atomic mass is 9.81. The molecule has 2 fully saturated rings. The molecular formula is C45H57N7O8. The molecule has 4 amide bonds. The van der Waals surface area contributed by atoms with Crippen LogP contribution < -0.4 is 26.6 Å². The number of piperazine rings is 1. The number of amides is 4. The number of aromatic nitrogens is 2. The maximum atomic E-state index is 13.9. The predicted molar refractivity (Wildman–Crippen MR) is 228 cm³/mol. The number of hydrogen-bond acceptors (Lipinski definition) is 10. The average Bonchev–Trinajstić information content (AvgIpc) is 3.65. The molecule has 15 heteroatoms. The molecule has 4 aromatic rings. The molecule has 0 unspecified atom stereocenters. The number of aromatic amines is 1. The van der Waals surface area contributed by atoms with Crippen LogP contribution in [0.3, 0.4) is 0 Å². The smallest absolute Gasteiger partial charge is 0.439 e. The van der Waals surface area contributed by atoms with E-state index < -0.39 is 29.1 Å². The minimum atomic E-state index is -0.864. The number of nitrogens with zero attached hydrogens (tertiary/aromatic N) is 3. The van der Waals surface area contributed by atoms with Gasteiger partial charge in [-0.05, 0) is 126 Å². The number of carbonyl (C=O) groups is 4. The van der Waals surface area contributed by atoms with Crippen molar-refractivity contribution >= 4 is 35.4 Å². The molecule has 2 aliphatic rings. The minimum absolute atomic E-state index is 0.179. The molecule has 1 aromatic heterocycles. The molecule has 0 bridgehead atoms. The highest BCUT2D eigenvalue weighted by Crippen LogP contribution is 2.30. The van der Waals surface area contributed by atoms with Crippen LogP contribution in [-0.2, 0) is 25.5 Å². The van der Waals surface area contributed by atoms with E-state index in [1.807, 2.05) is 65.8 Å². The predicted octanol–water partition coefficient (Wildman–Crippen LogP) is 6.75. The third kappa shape index (κ3) is 12.4. The number of anilines is 2. The van der Waals surface area contributed by atoms with Crippen LogP contribution in [0.4, 0.5) is 21.0 Å². The van der Waals surface area contributed by atoms with Crippen LogP contribution in [0, 0.1) is 11.8 Å². The Bertz CT molecular complexity index is 2140. The van der Waals surface area contributed by atoms with Crippen molar-refractivity contribution in [3.05, 3.63) is 88.9 Å². The zero-order valence-corrected chi connectivity index (χ0v) is 35.3. The van der Waals surface area contributed by atoms with Crippen LogP contribution in [0.15, 0.2) is 82.1 Å². The van der Waals surface area contributed by atoms with E-state index in [0.717, 1.165) is 35.2 Å². The molecule has 15 nitrogen and oxygen atoms in total. The van der Waals surface area contributed by atoms with Gasteiger partial charge < -0.3 is 35.2 Å². The van der Waals surface area contributed by atoms with Crippen LogP contribution in [-0.4, -0.2) is 89.0 Å². The van der Waals surface area contributed by atoms with Gasteiger partial charge in [0.2, 0.25) is 11.8 Å².